The Hall–Kier alpha value is -2.04. The average molecular weight is 343 g/mol. The summed E-state index contributed by atoms with van der Waals surface area (Å²) in [6.07, 6.45) is 6.91. The number of aryl methyl sites for hydroxylation is 1. The molecular formula is C20H29N3O2. The molecular weight excluding hydrogens is 314 g/mol. The van der Waals surface area contributed by atoms with Gasteiger partial charge < -0.3 is 15.5 Å². The molecule has 0 spiro atoms. The normalized spacial score (nSPS) is 19.1. The van der Waals surface area contributed by atoms with Crippen molar-refractivity contribution in [3.8, 4) is 0 Å². The van der Waals surface area contributed by atoms with E-state index in [1.54, 1.807) is 6.07 Å². The third-order valence-corrected chi connectivity index (χ3v) is 5.60. The van der Waals surface area contributed by atoms with Gasteiger partial charge in [0.15, 0.2) is 0 Å². The molecule has 0 aromatic heterocycles. The molecule has 5 nitrogen and oxygen atoms in total. The summed E-state index contributed by atoms with van der Waals surface area (Å²) in [5.41, 5.74) is 8.04. The van der Waals surface area contributed by atoms with Gasteiger partial charge in [0.05, 0.1) is 0 Å². The van der Waals surface area contributed by atoms with Gasteiger partial charge in [-0.05, 0) is 43.4 Å². The van der Waals surface area contributed by atoms with E-state index in [0.717, 1.165) is 5.56 Å². The molecule has 25 heavy (non-hydrogen) atoms. The van der Waals surface area contributed by atoms with Crippen molar-refractivity contribution in [2.24, 2.45) is 5.92 Å². The van der Waals surface area contributed by atoms with E-state index in [9.17, 15) is 9.59 Å². The van der Waals surface area contributed by atoms with Gasteiger partial charge in [0.1, 0.15) is 0 Å². The van der Waals surface area contributed by atoms with E-state index in [4.69, 9.17) is 5.73 Å². The van der Waals surface area contributed by atoms with E-state index < -0.39 is 0 Å². The van der Waals surface area contributed by atoms with Crippen LogP contribution in [0.15, 0.2) is 18.2 Å². The van der Waals surface area contributed by atoms with Gasteiger partial charge in [0.2, 0.25) is 5.91 Å². The van der Waals surface area contributed by atoms with Crippen molar-refractivity contribution in [2.75, 3.05) is 31.9 Å². The van der Waals surface area contributed by atoms with Gasteiger partial charge in [-0.2, -0.15) is 0 Å². The zero-order chi connectivity index (χ0) is 17.8. The molecule has 0 unspecified atom stereocenters. The summed E-state index contributed by atoms with van der Waals surface area (Å²) in [5.74, 6) is 0.846. The number of rotatable bonds is 3. The number of nitrogen functional groups attached to an aromatic ring is 1. The first-order valence-electron chi connectivity index (χ1n) is 9.48. The van der Waals surface area contributed by atoms with Gasteiger partial charge in [-0.3, -0.25) is 9.59 Å². The highest BCUT2D eigenvalue weighted by Crippen LogP contribution is 2.27. The van der Waals surface area contributed by atoms with Crippen molar-refractivity contribution < 1.29 is 9.59 Å². The van der Waals surface area contributed by atoms with Crippen LogP contribution in [-0.2, 0) is 4.79 Å². The van der Waals surface area contributed by atoms with Crippen molar-refractivity contribution in [1.82, 2.24) is 9.80 Å². The third-order valence-electron chi connectivity index (χ3n) is 5.60. The summed E-state index contributed by atoms with van der Waals surface area (Å²) in [4.78, 5) is 29.0. The molecule has 3 rings (SSSR count). The molecule has 2 amide bonds. The summed E-state index contributed by atoms with van der Waals surface area (Å²) in [5, 5.41) is 0. The van der Waals surface area contributed by atoms with Gasteiger partial charge in [-0.25, -0.2) is 0 Å². The first kappa shape index (κ1) is 17.8. The number of amides is 2. The van der Waals surface area contributed by atoms with Crippen LogP contribution in [0.4, 0.5) is 5.69 Å². The SMILES string of the molecule is Cc1ccc(N)cc1C(=O)N1CCN(C(=O)CC2CCCCC2)CC1. The number of hydrogen-bond donors (Lipinski definition) is 1. The van der Waals surface area contributed by atoms with Crippen LogP contribution < -0.4 is 5.73 Å². The lowest BCUT2D eigenvalue weighted by Crippen LogP contribution is -2.51. The zero-order valence-corrected chi connectivity index (χ0v) is 15.2. The molecule has 136 valence electrons. The summed E-state index contributed by atoms with van der Waals surface area (Å²) in [6.45, 7) is 4.40. The Kier molecular flexibility index (Phi) is 5.61. The van der Waals surface area contributed by atoms with Crippen LogP contribution >= 0.6 is 0 Å². The molecule has 5 heteroatoms. The van der Waals surface area contributed by atoms with E-state index in [1.807, 2.05) is 28.9 Å². The number of nitrogens with zero attached hydrogens (tertiary/aromatic N) is 2. The van der Waals surface area contributed by atoms with Gasteiger partial charge in [-0.1, -0.05) is 25.3 Å². The van der Waals surface area contributed by atoms with Crippen molar-refractivity contribution in [3.05, 3.63) is 29.3 Å². The molecule has 2 fully saturated rings. The highest BCUT2D eigenvalue weighted by molar-refractivity contribution is 5.96. The molecule has 1 aromatic rings. The zero-order valence-electron chi connectivity index (χ0n) is 15.2. The Morgan fingerprint density at radius 2 is 1.68 bits per heavy atom. The fourth-order valence-corrected chi connectivity index (χ4v) is 3.97. The first-order chi connectivity index (χ1) is 12.0. The molecule has 1 heterocycles. The summed E-state index contributed by atoms with van der Waals surface area (Å²) >= 11 is 0. The van der Waals surface area contributed by atoms with Crippen LogP contribution in [0.3, 0.4) is 0 Å². The first-order valence-corrected chi connectivity index (χ1v) is 9.48. The molecule has 2 N–H and O–H groups in total. The van der Waals surface area contributed by atoms with E-state index in [1.165, 1.54) is 32.1 Å². The number of anilines is 1. The van der Waals surface area contributed by atoms with E-state index in [-0.39, 0.29) is 11.8 Å². The maximum absolute atomic E-state index is 12.7. The number of nitrogens with two attached hydrogens (primary N) is 1. The number of piperazine rings is 1. The Morgan fingerprint density at radius 1 is 1.04 bits per heavy atom. The molecule has 1 saturated heterocycles. The molecule has 0 bridgehead atoms. The molecule has 2 aliphatic rings. The van der Waals surface area contributed by atoms with Crippen LogP contribution in [0.1, 0.15) is 54.4 Å². The summed E-state index contributed by atoms with van der Waals surface area (Å²) < 4.78 is 0. The second-order valence-electron chi connectivity index (χ2n) is 7.46. The van der Waals surface area contributed by atoms with Crippen LogP contribution in [0.5, 0.6) is 0 Å². The minimum absolute atomic E-state index is 0.0178. The largest absolute Gasteiger partial charge is 0.399 e. The van der Waals surface area contributed by atoms with Gasteiger partial charge in [0, 0.05) is 43.9 Å². The third kappa shape index (κ3) is 4.33. The van der Waals surface area contributed by atoms with Crippen LogP contribution in [0, 0.1) is 12.8 Å². The van der Waals surface area contributed by atoms with Crippen molar-refractivity contribution in [3.63, 3.8) is 0 Å². The molecule has 1 saturated carbocycles. The van der Waals surface area contributed by atoms with E-state index >= 15 is 0 Å². The van der Waals surface area contributed by atoms with Crippen molar-refractivity contribution >= 4 is 17.5 Å². The number of carbonyl (C=O) groups excluding carboxylic acids is 2. The monoisotopic (exact) mass is 343 g/mol. The van der Waals surface area contributed by atoms with Crippen LogP contribution in [-0.4, -0.2) is 47.8 Å². The molecule has 1 aromatic carbocycles. The van der Waals surface area contributed by atoms with Crippen LogP contribution in [0.2, 0.25) is 0 Å². The Bertz CT molecular complexity index is 630. The van der Waals surface area contributed by atoms with E-state index in [0.29, 0.717) is 49.8 Å². The molecule has 0 atom stereocenters. The smallest absolute Gasteiger partial charge is 0.254 e. The fourth-order valence-electron chi connectivity index (χ4n) is 3.97. The standard InChI is InChI=1S/C20H29N3O2/c1-15-7-8-17(21)14-18(15)20(25)23-11-9-22(10-12-23)19(24)13-16-5-3-2-4-6-16/h7-8,14,16H,2-6,9-13,21H2,1H3. The van der Waals surface area contributed by atoms with Crippen molar-refractivity contribution in [1.29, 1.82) is 0 Å². The minimum atomic E-state index is 0.0178. The van der Waals surface area contributed by atoms with Gasteiger partial charge in [0.25, 0.3) is 5.91 Å². The molecule has 0 radical (unpaired) electrons. The Morgan fingerprint density at radius 3 is 2.36 bits per heavy atom. The highest BCUT2D eigenvalue weighted by Gasteiger charge is 2.27. The fraction of sp³-hybridized carbons (Fsp3) is 0.600. The summed E-state index contributed by atoms with van der Waals surface area (Å²) in [7, 11) is 0. The second kappa shape index (κ2) is 7.89. The maximum Gasteiger partial charge on any atom is 0.254 e. The number of benzene rings is 1. The van der Waals surface area contributed by atoms with E-state index in [2.05, 4.69) is 0 Å². The predicted molar refractivity (Wildman–Crippen MR) is 99.3 cm³/mol. The minimum Gasteiger partial charge on any atom is -0.399 e. The van der Waals surface area contributed by atoms with Crippen LogP contribution in [0.25, 0.3) is 0 Å². The van der Waals surface area contributed by atoms with Gasteiger partial charge >= 0.3 is 0 Å². The highest BCUT2D eigenvalue weighted by atomic mass is 16.2. The quantitative estimate of drug-likeness (QED) is 0.858. The molecule has 1 aliphatic heterocycles. The Labute approximate surface area is 150 Å². The second-order valence-corrected chi connectivity index (χ2v) is 7.46. The lowest BCUT2D eigenvalue weighted by Gasteiger charge is -2.36. The number of carbonyl (C=O) groups is 2. The lowest BCUT2D eigenvalue weighted by atomic mass is 9.86. The number of hydrogen-bond acceptors (Lipinski definition) is 3. The maximum atomic E-state index is 12.7. The molecule has 1 aliphatic carbocycles. The predicted octanol–water partition coefficient (Wildman–Crippen LogP) is 2.83. The van der Waals surface area contributed by atoms with Gasteiger partial charge in [-0.15, -0.1) is 0 Å². The van der Waals surface area contributed by atoms with Crippen molar-refractivity contribution in [2.45, 2.75) is 45.4 Å². The lowest BCUT2D eigenvalue weighted by molar-refractivity contribution is -0.133. The topological polar surface area (TPSA) is 66.6 Å². The average Bonchev–Trinajstić information content (AvgIpc) is 2.64. The Balaban J connectivity index is 1.53. The summed E-state index contributed by atoms with van der Waals surface area (Å²) in [6, 6.07) is 5.44.